The lowest BCUT2D eigenvalue weighted by Crippen LogP contribution is -2.47. The monoisotopic (exact) mass is 341 g/mol. The molecule has 1 unspecified atom stereocenters. The first-order valence-electron chi connectivity index (χ1n) is 7.67. The molecule has 3 rings (SSSR count). The number of aryl methyl sites for hydroxylation is 1. The van der Waals surface area contributed by atoms with Crippen LogP contribution in [-0.2, 0) is 6.18 Å². The minimum absolute atomic E-state index is 0.00825. The third kappa shape index (κ3) is 3.50. The fourth-order valence-electron chi connectivity index (χ4n) is 2.72. The maximum atomic E-state index is 12.6. The fourth-order valence-corrected chi connectivity index (χ4v) is 2.72. The second-order valence-corrected chi connectivity index (χ2v) is 5.78. The van der Waals surface area contributed by atoms with E-state index in [1.54, 1.807) is 6.92 Å². The second kappa shape index (κ2) is 6.39. The number of piperazine rings is 1. The quantitative estimate of drug-likeness (QED) is 0.855. The van der Waals surface area contributed by atoms with Crippen LogP contribution in [-0.4, -0.2) is 46.2 Å². The Bertz CT molecular complexity index is 677. The molecule has 1 aliphatic heterocycles. The Kier molecular flexibility index (Phi) is 4.44. The van der Waals surface area contributed by atoms with Crippen molar-refractivity contribution in [1.29, 1.82) is 0 Å². The summed E-state index contributed by atoms with van der Waals surface area (Å²) in [7, 11) is 0. The highest BCUT2D eigenvalue weighted by molar-refractivity contribution is 5.40. The molecule has 1 saturated heterocycles. The number of rotatable bonds is 3. The zero-order valence-electron chi connectivity index (χ0n) is 13.4. The molecule has 1 atom stereocenters. The summed E-state index contributed by atoms with van der Waals surface area (Å²) < 4.78 is 43.0. The van der Waals surface area contributed by atoms with E-state index in [2.05, 4.69) is 20.0 Å². The summed E-state index contributed by atoms with van der Waals surface area (Å²) in [6, 6.07) is 2.50. The van der Waals surface area contributed by atoms with Gasteiger partial charge in [0.15, 0.2) is 5.82 Å². The number of hydrogen-bond acceptors (Lipinski definition) is 6. The van der Waals surface area contributed by atoms with Crippen molar-refractivity contribution >= 4 is 5.82 Å². The van der Waals surface area contributed by atoms with Crippen LogP contribution in [0.3, 0.4) is 0 Å². The standard InChI is InChI=1S/C15H18F3N5O/c1-10(14-20-11(2)21-24-14)22-5-7-23(8-6-22)13-4-3-12(9-19-13)15(16,17)18/h3-4,9-10H,5-8H2,1-2H3. The zero-order chi connectivity index (χ0) is 17.3. The summed E-state index contributed by atoms with van der Waals surface area (Å²) in [4.78, 5) is 12.4. The Morgan fingerprint density at radius 3 is 2.38 bits per heavy atom. The minimum Gasteiger partial charge on any atom is -0.354 e. The maximum Gasteiger partial charge on any atom is 0.417 e. The Morgan fingerprint density at radius 2 is 1.88 bits per heavy atom. The summed E-state index contributed by atoms with van der Waals surface area (Å²) in [6.45, 7) is 6.61. The fraction of sp³-hybridized carbons (Fsp3) is 0.533. The van der Waals surface area contributed by atoms with Crippen molar-refractivity contribution in [2.45, 2.75) is 26.1 Å². The lowest BCUT2D eigenvalue weighted by atomic mass is 10.2. The largest absolute Gasteiger partial charge is 0.417 e. The van der Waals surface area contributed by atoms with Gasteiger partial charge in [-0.05, 0) is 26.0 Å². The molecule has 1 fully saturated rings. The molecule has 0 radical (unpaired) electrons. The van der Waals surface area contributed by atoms with E-state index in [1.807, 2.05) is 11.8 Å². The van der Waals surface area contributed by atoms with Crippen molar-refractivity contribution in [3.05, 3.63) is 35.6 Å². The Hall–Kier alpha value is -2.16. The lowest BCUT2D eigenvalue weighted by molar-refractivity contribution is -0.137. The molecular formula is C15H18F3N5O. The van der Waals surface area contributed by atoms with Gasteiger partial charge < -0.3 is 9.42 Å². The Balaban J connectivity index is 1.60. The normalized spacial score (nSPS) is 18.0. The van der Waals surface area contributed by atoms with Crippen LogP contribution in [0.1, 0.15) is 30.2 Å². The number of anilines is 1. The number of aromatic nitrogens is 3. The number of nitrogens with zero attached hydrogens (tertiary/aromatic N) is 5. The van der Waals surface area contributed by atoms with Crippen LogP contribution in [0.4, 0.5) is 19.0 Å². The predicted molar refractivity (Wildman–Crippen MR) is 80.5 cm³/mol. The van der Waals surface area contributed by atoms with Crippen molar-refractivity contribution in [3.63, 3.8) is 0 Å². The van der Waals surface area contributed by atoms with Crippen LogP contribution in [0.2, 0.25) is 0 Å². The molecule has 0 aromatic carbocycles. The highest BCUT2D eigenvalue weighted by Crippen LogP contribution is 2.29. The van der Waals surface area contributed by atoms with Crippen LogP contribution >= 0.6 is 0 Å². The second-order valence-electron chi connectivity index (χ2n) is 5.78. The van der Waals surface area contributed by atoms with Crippen molar-refractivity contribution in [2.75, 3.05) is 31.1 Å². The number of alkyl halides is 3. The van der Waals surface area contributed by atoms with Crippen LogP contribution in [0, 0.1) is 6.92 Å². The molecule has 2 aromatic heterocycles. The molecule has 130 valence electrons. The first-order chi connectivity index (χ1) is 11.3. The minimum atomic E-state index is -4.36. The Labute approximate surface area is 137 Å². The zero-order valence-corrected chi connectivity index (χ0v) is 13.4. The van der Waals surface area contributed by atoms with E-state index in [0.717, 1.165) is 25.4 Å². The lowest BCUT2D eigenvalue weighted by Gasteiger charge is -2.37. The van der Waals surface area contributed by atoms with Crippen molar-refractivity contribution < 1.29 is 17.7 Å². The van der Waals surface area contributed by atoms with Gasteiger partial charge in [0.2, 0.25) is 5.89 Å². The summed E-state index contributed by atoms with van der Waals surface area (Å²) in [5, 5.41) is 3.80. The molecule has 0 amide bonds. The summed E-state index contributed by atoms with van der Waals surface area (Å²) in [5.74, 6) is 1.74. The van der Waals surface area contributed by atoms with Gasteiger partial charge in [-0.3, -0.25) is 4.90 Å². The van der Waals surface area contributed by atoms with Crippen molar-refractivity contribution in [3.8, 4) is 0 Å². The third-order valence-electron chi connectivity index (χ3n) is 4.16. The van der Waals surface area contributed by atoms with E-state index < -0.39 is 11.7 Å². The molecule has 3 heterocycles. The van der Waals surface area contributed by atoms with Gasteiger partial charge in [-0.25, -0.2) is 4.98 Å². The summed E-state index contributed by atoms with van der Waals surface area (Å²) >= 11 is 0. The van der Waals surface area contributed by atoms with Gasteiger partial charge in [-0.1, -0.05) is 5.16 Å². The van der Waals surface area contributed by atoms with E-state index in [1.165, 1.54) is 6.07 Å². The molecule has 0 saturated carbocycles. The highest BCUT2D eigenvalue weighted by atomic mass is 19.4. The molecule has 9 heteroatoms. The van der Waals surface area contributed by atoms with E-state index in [-0.39, 0.29) is 6.04 Å². The first kappa shape index (κ1) is 16.7. The molecule has 0 aliphatic carbocycles. The SMILES string of the molecule is Cc1noc(C(C)N2CCN(c3ccc(C(F)(F)F)cn3)CC2)n1. The maximum absolute atomic E-state index is 12.6. The van der Waals surface area contributed by atoms with Crippen molar-refractivity contribution in [1.82, 2.24) is 20.0 Å². The van der Waals surface area contributed by atoms with Gasteiger partial charge in [0.05, 0.1) is 11.6 Å². The molecule has 24 heavy (non-hydrogen) atoms. The molecule has 1 aliphatic rings. The molecule has 0 spiro atoms. The first-order valence-corrected chi connectivity index (χ1v) is 7.67. The van der Waals surface area contributed by atoms with Crippen LogP contribution in [0.15, 0.2) is 22.9 Å². The molecule has 6 nitrogen and oxygen atoms in total. The predicted octanol–water partition coefficient (Wildman–Crippen LogP) is 2.68. The van der Waals surface area contributed by atoms with Gasteiger partial charge >= 0.3 is 6.18 Å². The van der Waals surface area contributed by atoms with Gasteiger partial charge in [0.1, 0.15) is 5.82 Å². The van der Waals surface area contributed by atoms with Gasteiger partial charge in [-0.15, -0.1) is 0 Å². The third-order valence-corrected chi connectivity index (χ3v) is 4.16. The number of hydrogen-bond donors (Lipinski definition) is 0. The van der Waals surface area contributed by atoms with Gasteiger partial charge in [-0.2, -0.15) is 18.2 Å². The molecule has 0 N–H and O–H groups in total. The highest BCUT2D eigenvalue weighted by Gasteiger charge is 2.31. The van der Waals surface area contributed by atoms with Crippen molar-refractivity contribution in [2.24, 2.45) is 0 Å². The Morgan fingerprint density at radius 1 is 1.17 bits per heavy atom. The van der Waals surface area contributed by atoms with Gasteiger partial charge in [0.25, 0.3) is 0 Å². The number of halogens is 3. The number of pyridine rings is 1. The summed E-state index contributed by atoms with van der Waals surface area (Å²) in [5.41, 5.74) is -0.731. The van der Waals surface area contributed by atoms with E-state index in [0.29, 0.717) is 30.6 Å². The molecule has 0 bridgehead atoms. The average molecular weight is 341 g/mol. The van der Waals surface area contributed by atoms with Crippen LogP contribution in [0.25, 0.3) is 0 Å². The average Bonchev–Trinajstić information content (AvgIpc) is 3.00. The van der Waals surface area contributed by atoms with Crippen LogP contribution < -0.4 is 4.90 Å². The van der Waals surface area contributed by atoms with Crippen LogP contribution in [0.5, 0.6) is 0 Å². The molecular weight excluding hydrogens is 323 g/mol. The van der Waals surface area contributed by atoms with E-state index in [9.17, 15) is 13.2 Å². The van der Waals surface area contributed by atoms with Gasteiger partial charge in [0, 0.05) is 32.4 Å². The smallest absolute Gasteiger partial charge is 0.354 e. The van der Waals surface area contributed by atoms with E-state index >= 15 is 0 Å². The molecule has 2 aromatic rings. The summed E-state index contributed by atoms with van der Waals surface area (Å²) in [6.07, 6.45) is -3.48. The topological polar surface area (TPSA) is 58.3 Å². The van der Waals surface area contributed by atoms with E-state index in [4.69, 9.17) is 4.52 Å².